The van der Waals surface area contributed by atoms with Gasteiger partial charge >= 0.3 is 16.6 Å². The van der Waals surface area contributed by atoms with Crippen molar-refractivity contribution in [2.75, 3.05) is 0 Å². The molecule has 0 saturated carbocycles. The lowest BCUT2D eigenvalue weighted by Gasteiger charge is -2.15. The van der Waals surface area contributed by atoms with Crippen LogP contribution in [0.15, 0.2) is 0 Å². The van der Waals surface area contributed by atoms with E-state index in [4.69, 9.17) is 4.43 Å². The van der Waals surface area contributed by atoms with Gasteiger partial charge in [0.15, 0.2) is 0 Å². The Kier molecular flexibility index (Phi) is 2.92. The summed E-state index contributed by atoms with van der Waals surface area (Å²) in [5.41, 5.74) is 0. The SMILES string of the molecule is C[Si](C)(C)OC(=O)O[Si]. The number of carbonyl (C=O) groups is 1. The van der Waals surface area contributed by atoms with Gasteiger partial charge in [-0.2, -0.15) is 0 Å². The summed E-state index contributed by atoms with van der Waals surface area (Å²) < 4.78 is 8.92. The maximum atomic E-state index is 10.4. The van der Waals surface area contributed by atoms with Gasteiger partial charge in [0, 0.05) is 0 Å². The molecule has 0 aliphatic heterocycles. The number of carbonyl (C=O) groups excluding carboxylic acids is 1. The third-order valence-corrected chi connectivity index (χ3v) is 1.42. The minimum absolute atomic E-state index is 0.661. The van der Waals surface area contributed by atoms with Crippen molar-refractivity contribution < 1.29 is 13.6 Å². The first kappa shape index (κ1) is 8.70. The summed E-state index contributed by atoms with van der Waals surface area (Å²) in [5.74, 6) is 0. The Morgan fingerprint density at radius 1 is 1.44 bits per heavy atom. The van der Waals surface area contributed by atoms with Gasteiger partial charge in [-0.1, -0.05) is 0 Å². The summed E-state index contributed by atoms with van der Waals surface area (Å²) in [6.07, 6.45) is -0.661. The van der Waals surface area contributed by atoms with Gasteiger partial charge in [0.25, 0.3) is 8.32 Å². The van der Waals surface area contributed by atoms with Crippen LogP contribution in [0.5, 0.6) is 0 Å². The highest BCUT2D eigenvalue weighted by Gasteiger charge is 2.19. The highest BCUT2D eigenvalue weighted by Crippen LogP contribution is 2.02. The molecular formula is C4H9O3Si2. The first-order valence-electron chi connectivity index (χ1n) is 2.52. The van der Waals surface area contributed by atoms with Gasteiger partial charge in [-0.25, -0.2) is 4.79 Å². The smallest absolute Gasteiger partial charge is 0.480 e. The molecule has 51 valence electrons. The molecule has 5 heteroatoms. The normalized spacial score (nSPS) is 10.7. The lowest BCUT2D eigenvalue weighted by molar-refractivity contribution is 0.154. The lowest BCUT2D eigenvalue weighted by Crippen LogP contribution is -2.29. The molecule has 0 saturated heterocycles. The van der Waals surface area contributed by atoms with Crippen molar-refractivity contribution in [3.63, 3.8) is 0 Å². The summed E-state index contributed by atoms with van der Waals surface area (Å²) in [7, 11) is 0.813. The fourth-order valence-electron chi connectivity index (χ4n) is 0.271. The number of hydrogen-bond acceptors (Lipinski definition) is 3. The van der Waals surface area contributed by atoms with Crippen molar-refractivity contribution in [1.29, 1.82) is 0 Å². The van der Waals surface area contributed by atoms with E-state index in [0.717, 1.165) is 0 Å². The fraction of sp³-hybridized carbons (Fsp3) is 0.750. The summed E-state index contributed by atoms with van der Waals surface area (Å²) >= 11 is 0. The zero-order valence-corrected chi connectivity index (χ0v) is 7.72. The van der Waals surface area contributed by atoms with Crippen molar-refractivity contribution in [1.82, 2.24) is 0 Å². The summed E-state index contributed by atoms with van der Waals surface area (Å²) in [5, 5.41) is 0. The largest absolute Gasteiger partial charge is 0.491 e. The quantitative estimate of drug-likeness (QED) is 0.539. The van der Waals surface area contributed by atoms with Crippen LogP contribution in [0, 0.1) is 0 Å². The summed E-state index contributed by atoms with van der Waals surface area (Å²) in [4.78, 5) is 10.4. The van der Waals surface area contributed by atoms with E-state index in [1.165, 1.54) is 0 Å². The maximum Gasteiger partial charge on any atom is 0.480 e. The van der Waals surface area contributed by atoms with Crippen LogP contribution in [0.4, 0.5) is 4.79 Å². The van der Waals surface area contributed by atoms with E-state index >= 15 is 0 Å². The highest BCUT2D eigenvalue weighted by molar-refractivity contribution is 6.71. The van der Waals surface area contributed by atoms with Crippen LogP contribution in [-0.4, -0.2) is 25.0 Å². The van der Waals surface area contributed by atoms with E-state index < -0.39 is 14.5 Å². The van der Waals surface area contributed by atoms with Gasteiger partial charge in [0.05, 0.1) is 0 Å². The Morgan fingerprint density at radius 3 is 2.00 bits per heavy atom. The van der Waals surface area contributed by atoms with E-state index in [-0.39, 0.29) is 0 Å². The lowest BCUT2D eigenvalue weighted by atomic mass is 11.5. The average molecular weight is 161 g/mol. The molecule has 0 aliphatic carbocycles. The molecule has 0 heterocycles. The van der Waals surface area contributed by atoms with Gasteiger partial charge in [-0.15, -0.1) is 0 Å². The summed E-state index contributed by atoms with van der Waals surface area (Å²) in [6.45, 7) is 5.70. The molecule has 0 aromatic heterocycles. The Bertz CT molecular complexity index is 107. The Balaban J connectivity index is 3.60. The molecule has 0 aromatic carbocycles. The van der Waals surface area contributed by atoms with Gasteiger partial charge in [-0.3, -0.25) is 0 Å². The molecular weight excluding hydrogens is 152 g/mol. The topological polar surface area (TPSA) is 35.5 Å². The van der Waals surface area contributed by atoms with Crippen molar-refractivity contribution in [2.24, 2.45) is 0 Å². The molecule has 0 aliphatic rings. The molecule has 3 radical (unpaired) electrons. The second-order valence-corrected chi connectivity index (χ2v) is 7.20. The summed E-state index contributed by atoms with van der Waals surface area (Å²) in [6, 6.07) is 0. The van der Waals surface area contributed by atoms with Crippen molar-refractivity contribution >= 4 is 25.0 Å². The standard InChI is InChI=1S/C4H9O3Si2/c1-9(2,3)7-4(5)6-8/h1-3H3. The molecule has 0 fully saturated rings. The Labute approximate surface area is 59.0 Å². The van der Waals surface area contributed by atoms with Crippen molar-refractivity contribution in [2.45, 2.75) is 19.6 Å². The Hall–Kier alpha value is -0.296. The maximum absolute atomic E-state index is 10.4. The zero-order valence-electron chi connectivity index (χ0n) is 5.72. The molecule has 0 unspecified atom stereocenters. The second-order valence-electron chi connectivity index (χ2n) is 2.57. The van der Waals surface area contributed by atoms with Crippen LogP contribution in [0.1, 0.15) is 0 Å². The highest BCUT2D eigenvalue weighted by atomic mass is 28.4. The van der Waals surface area contributed by atoms with Crippen LogP contribution >= 0.6 is 0 Å². The zero-order chi connectivity index (χ0) is 7.49. The molecule has 0 rings (SSSR count). The number of rotatable bonds is 1. The van der Waals surface area contributed by atoms with Crippen LogP contribution in [0.2, 0.25) is 19.6 Å². The molecule has 0 N–H and O–H groups in total. The van der Waals surface area contributed by atoms with E-state index in [1.54, 1.807) is 0 Å². The van der Waals surface area contributed by atoms with Crippen molar-refractivity contribution in [3.05, 3.63) is 0 Å². The number of hydrogen-bond donors (Lipinski definition) is 0. The first-order chi connectivity index (χ1) is 3.95. The van der Waals surface area contributed by atoms with E-state index in [1.807, 2.05) is 19.6 Å². The first-order valence-corrected chi connectivity index (χ1v) is 6.34. The third kappa shape index (κ3) is 5.58. The van der Waals surface area contributed by atoms with Crippen LogP contribution in [0.25, 0.3) is 0 Å². The van der Waals surface area contributed by atoms with Gasteiger partial charge in [-0.05, 0) is 19.6 Å². The predicted octanol–water partition coefficient (Wildman–Crippen LogP) is 1.06. The van der Waals surface area contributed by atoms with Gasteiger partial charge in [0.2, 0.25) is 0 Å². The second kappa shape index (κ2) is 3.02. The molecule has 0 aromatic rings. The molecule has 3 nitrogen and oxygen atoms in total. The van der Waals surface area contributed by atoms with Gasteiger partial charge < -0.3 is 8.85 Å². The van der Waals surface area contributed by atoms with Gasteiger partial charge in [0.1, 0.15) is 0 Å². The monoisotopic (exact) mass is 161 g/mol. The third-order valence-electron chi connectivity index (χ3n) is 0.473. The van der Waals surface area contributed by atoms with E-state index in [0.29, 0.717) is 0 Å². The molecule has 9 heavy (non-hydrogen) atoms. The van der Waals surface area contributed by atoms with Crippen LogP contribution < -0.4 is 0 Å². The minimum Gasteiger partial charge on any atom is -0.491 e. The molecule has 0 spiro atoms. The molecule has 0 amide bonds. The molecule has 0 atom stereocenters. The fourth-order valence-corrected chi connectivity index (χ4v) is 0.938. The van der Waals surface area contributed by atoms with Crippen LogP contribution in [0.3, 0.4) is 0 Å². The van der Waals surface area contributed by atoms with Crippen molar-refractivity contribution in [3.8, 4) is 0 Å². The minimum atomic E-state index is -1.75. The molecule has 0 bridgehead atoms. The predicted molar refractivity (Wildman–Crippen MR) is 36.7 cm³/mol. The van der Waals surface area contributed by atoms with E-state index in [2.05, 4.69) is 14.9 Å². The Morgan fingerprint density at radius 2 is 1.89 bits per heavy atom. The average Bonchev–Trinajstić information content (AvgIpc) is 1.62. The van der Waals surface area contributed by atoms with E-state index in [9.17, 15) is 4.79 Å². The van der Waals surface area contributed by atoms with Crippen LogP contribution in [-0.2, 0) is 8.85 Å².